The lowest BCUT2D eigenvalue weighted by Gasteiger charge is -2.19. The summed E-state index contributed by atoms with van der Waals surface area (Å²) in [7, 11) is -3.18. The van der Waals surface area contributed by atoms with Gasteiger partial charge in [0.05, 0.1) is 11.7 Å². The summed E-state index contributed by atoms with van der Waals surface area (Å²) >= 11 is 0. The van der Waals surface area contributed by atoms with E-state index >= 15 is 0 Å². The van der Waals surface area contributed by atoms with Crippen LogP contribution in [0.15, 0.2) is 18.2 Å². The van der Waals surface area contributed by atoms with Crippen molar-refractivity contribution in [3.63, 3.8) is 0 Å². The molecule has 0 radical (unpaired) electrons. The van der Waals surface area contributed by atoms with Gasteiger partial charge in [-0.3, -0.25) is 4.79 Å². The van der Waals surface area contributed by atoms with Crippen LogP contribution in [0, 0.1) is 0 Å². The fourth-order valence-electron chi connectivity index (χ4n) is 1.99. The van der Waals surface area contributed by atoms with Crippen LogP contribution >= 0.6 is 0 Å². The quantitative estimate of drug-likeness (QED) is 0.840. The van der Waals surface area contributed by atoms with Crippen LogP contribution in [-0.4, -0.2) is 25.8 Å². The molecule has 0 bridgehead atoms. The molecule has 5 nitrogen and oxygen atoms in total. The maximum Gasteiger partial charge on any atom is 0.228 e. The molecule has 0 spiro atoms. The van der Waals surface area contributed by atoms with E-state index in [1.807, 2.05) is 0 Å². The van der Waals surface area contributed by atoms with E-state index in [1.165, 1.54) is 6.26 Å². The molecule has 0 aliphatic carbocycles. The molecule has 0 saturated carbocycles. The van der Waals surface area contributed by atoms with Crippen molar-refractivity contribution in [1.82, 2.24) is 0 Å². The third-order valence-corrected chi connectivity index (χ3v) is 4.96. The molecule has 1 amide bonds. The lowest BCUT2D eigenvalue weighted by Crippen LogP contribution is -2.30. The summed E-state index contributed by atoms with van der Waals surface area (Å²) in [4.78, 5) is 11.2. The molecule has 6 heteroatoms. The Hall–Kier alpha value is -1.40. The van der Waals surface area contributed by atoms with Crippen molar-refractivity contribution in [2.45, 2.75) is 24.6 Å². The number of amides is 1. The molecule has 1 aromatic rings. The summed E-state index contributed by atoms with van der Waals surface area (Å²) in [6.45, 7) is 1.59. The molecule has 3 N–H and O–H groups in total. The fourth-order valence-corrected chi connectivity index (χ4v) is 2.68. The number of nitrogens with two attached hydrogens (primary N) is 1. The van der Waals surface area contributed by atoms with Gasteiger partial charge in [-0.2, -0.15) is 0 Å². The molecule has 1 aromatic carbocycles. The molecule has 2 unspecified atom stereocenters. The number of anilines is 1. The molecule has 0 fully saturated rings. The van der Waals surface area contributed by atoms with Crippen molar-refractivity contribution >= 4 is 21.4 Å². The van der Waals surface area contributed by atoms with Crippen molar-refractivity contribution < 1.29 is 13.2 Å². The van der Waals surface area contributed by atoms with Gasteiger partial charge in [-0.1, -0.05) is 12.1 Å². The van der Waals surface area contributed by atoms with Crippen molar-refractivity contribution in [1.29, 1.82) is 0 Å². The number of carbonyl (C=O) groups excluding carboxylic acids is 1. The van der Waals surface area contributed by atoms with E-state index in [9.17, 15) is 13.2 Å². The van der Waals surface area contributed by atoms with Gasteiger partial charge >= 0.3 is 0 Å². The van der Waals surface area contributed by atoms with E-state index < -0.39 is 21.1 Å². The minimum absolute atomic E-state index is 0.0492. The average Bonchev–Trinajstić information content (AvgIpc) is 2.64. The highest BCUT2D eigenvalue weighted by Gasteiger charge is 2.26. The van der Waals surface area contributed by atoms with Crippen molar-refractivity contribution in [3.05, 3.63) is 29.3 Å². The van der Waals surface area contributed by atoms with E-state index in [0.717, 1.165) is 16.8 Å². The topological polar surface area (TPSA) is 89.3 Å². The number of nitrogens with one attached hydrogen (secondary N) is 1. The molecule has 18 heavy (non-hydrogen) atoms. The number of carbonyl (C=O) groups is 1. The molecule has 2 rings (SSSR count). The molecule has 98 valence electrons. The molecular weight excluding hydrogens is 252 g/mol. The van der Waals surface area contributed by atoms with Crippen LogP contribution in [0.5, 0.6) is 0 Å². The lowest BCUT2D eigenvalue weighted by atomic mass is 10.0. The molecule has 1 aliphatic heterocycles. The van der Waals surface area contributed by atoms with Gasteiger partial charge in [0, 0.05) is 18.0 Å². The summed E-state index contributed by atoms with van der Waals surface area (Å²) in [5, 5.41) is 2.07. The van der Waals surface area contributed by atoms with Crippen molar-refractivity contribution in [2.75, 3.05) is 11.6 Å². The number of hydrogen-bond acceptors (Lipinski definition) is 4. The van der Waals surface area contributed by atoms with Crippen LogP contribution in [0.4, 0.5) is 5.69 Å². The van der Waals surface area contributed by atoms with E-state index in [0.29, 0.717) is 6.42 Å². The van der Waals surface area contributed by atoms with E-state index in [1.54, 1.807) is 25.1 Å². The van der Waals surface area contributed by atoms with Crippen LogP contribution < -0.4 is 11.1 Å². The normalized spacial score (nSPS) is 18.1. The molecule has 0 aromatic heterocycles. The Labute approximate surface area is 106 Å². The zero-order chi connectivity index (χ0) is 13.5. The molecule has 1 aliphatic rings. The van der Waals surface area contributed by atoms with Crippen LogP contribution in [0.3, 0.4) is 0 Å². The maximum absolute atomic E-state index is 11.5. The fraction of sp³-hybridized carbons (Fsp3) is 0.417. The van der Waals surface area contributed by atoms with Crippen molar-refractivity contribution in [2.24, 2.45) is 5.73 Å². The van der Waals surface area contributed by atoms with Gasteiger partial charge in [0.1, 0.15) is 0 Å². The Morgan fingerprint density at radius 1 is 1.39 bits per heavy atom. The summed E-state index contributed by atoms with van der Waals surface area (Å²) < 4.78 is 23.0. The highest BCUT2D eigenvalue weighted by Crippen LogP contribution is 2.28. The Bertz CT molecular complexity index is 595. The first-order chi connectivity index (χ1) is 8.29. The minimum atomic E-state index is -3.18. The average molecular weight is 268 g/mol. The lowest BCUT2D eigenvalue weighted by molar-refractivity contribution is -0.115. The smallest absolute Gasteiger partial charge is 0.228 e. The first kappa shape index (κ1) is 13.0. The Morgan fingerprint density at radius 2 is 2.06 bits per heavy atom. The predicted molar refractivity (Wildman–Crippen MR) is 70.0 cm³/mol. The third-order valence-electron chi connectivity index (χ3n) is 3.32. The van der Waals surface area contributed by atoms with Crippen LogP contribution in [0.25, 0.3) is 0 Å². The number of fused-ring (bicyclic) bond motifs is 1. The van der Waals surface area contributed by atoms with Gasteiger partial charge in [-0.05, 0) is 24.1 Å². The van der Waals surface area contributed by atoms with Crippen molar-refractivity contribution in [3.8, 4) is 0 Å². The zero-order valence-electron chi connectivity index (χ0n) is 10.3. The van der Waals surface area contributed by atoms with Gasteiger partial charge in [0.2, 0.25) is 5.91 Å². The second kappa shape index (κ2) is 4.37. The van der Waals surface area contributed by atoms with E-state index in [-0.39, 0.29) is 5.91 Å². The monoisotopic (exact) mass is 268 g/mol. The maximum atomic E-state index is 11.5. The van der Waals surface area contributed by atoms with Crippen LogP contribution in [-0.2, 0) is 21.1 Å². The SMILES string of the molecule is CC(C(N)c1ccc2c(c1)CC(=O)N2)S(C)(=O)=O. The second-order valence-electron chi connectivity index (χ2n) is 4.70. The third kappa shape index (κ3) is 2.39. The first-order valence-corrected chi connectivity index (χ1v) is 7.61. The molecular formula is C12H16N2O3S. The second-order valence-corrected chi connectivity index (χ2v) is 7.10. The first-order valence-electron chi connectivity index (χ1n) is 5.66. The summed E-state index contributed by atoms with van der Waals surface area (Å²) in [5.41, 5.74) is 8.36. The minimum Gasteiger partial charge on any atom is -0.326 e. The molecule has 0 saturated heterocycles. The van der Waals surface area contributed by atoms with Gasteiger partial charge in [-0.25, -0.2) is 8.42 Å². The van der Waals surface area contributed by atoms with Gasteiger partial charge in [-0.15, -0.1) is 0 Å². The summed E-state index contributed by atoms with van der Waals surface area (Å²) in [6, 6.07) is 4.75. The number of sulfone groups is 1. The summed E-state index contributed by atoms with van der Waals surface area (Å²) in [5.74, 6) is -0.0492. The zero-order valence-corrected chi connectivity index (χ0v) is 11.1. The number of rotatable bonds is 3. The Balaban J connectivity index is 2.31. The van der Waals surface area contributed by atoms with Gasteiger partial charge in [0.15, 0.2) is 9.84 Å². The predicted octanol–water partition coefficient (Wildman–Crippen LogP) is 0.614. The Kier molecular flexibility index (Phi) is 3.16. The standard InChI is InChI=1S/C12H16N2O3S/c1-7(18(2,16)17)12(13)8-3-4-10-9(5-8)6-11(15)14-10/h3-5,7,12H,6,13H2,1-2H3,(H,14,15). The van der Waals surface area contributed by atoms with E-state index in [2.05, 4.69) is 5.32 Å². The highest BCUT2D eigenvalue weighted by atomic mass is 32.2. The van der Waals surface area contributed by atoms with E-state index in [4.69, 9.17) is 5.73 Å². The summed E-state index contributed by atoms with van der Waals surface area (Å²) in [6.07, 6.45) is 1.50. The number of benzene rings is 1. The van der Waals surface area contributed by atoms with Gasteiger partial charge in [0.25, 0.3) is 0 Å². The van der Waals surface area contributed by atoms with Crippen LogP contribution in [0.2, 0.25) is 0 Å². The molecule has 1 heterocycles. The number of hydrogen-bond donors (Lipinski definition) is 2. The molecule has 2 atom stereocenters. The largest absolute Gasteiger partial charge is 0.326 e. The van der Waals surface area contributed by atoms with Crippen LogP contribution in [0.1, 0.15) is 24.1 Å². The highest BCUT2D eigenvalue weighted by molar-refractivity contribution is 7.91. The Morgan fingerprint density at radius 3 is 2.67 bits per heavy atom. The van der Waals surface area contributed by atoms with Gasteiger partial charge < -0.3 is 11.1 Å².